The van der Waals surface area contributed by atoms with Crippen LogP contribution in [0.5, 0.6) is 0 Å². The van der Waals surface area contributed by atoms with Crippen LogP contribution in [0.3, 0.4) is 0 Å². The number of hydrogen-bond acceptors (Lipinski definition) is 6. The van der Waals surface area contributed by atoms with Gasteiger partial charge in [-0.15, -0.1) is 0 Å². The number of carbonyl (C=O) groups is 2. The number of hydrogen-bond donors (Lipinski definition) is 1. The number of anilines is 2. The summed E-state index contributed by atoms with van der Waals surface area (Å²) in [6.45, 7) is 6.18. The summed E-state index contributed by atoms with van der Waals surface area (Å²) in [5.74, 6) is -0.350. The summed E-state index contributed by atoms with van der Waals surface area (Å²) < 4.78 is 5.34. The number of rotatable bonds is 5. The maximum absolute atomic E-state index is 13.0. The smallest absolute Gasteiger partial charge is 0.276 e. The van der Waals surface area contributed by atoms with Crippen LogP contribution in [-0.4, -0.2) is 66.1 Å². The second kappa shape index (κ2) is 10.2. The molecule has 1 N–H and O–H groups in total. The summed E-state index contributed by atoms with van der Waals surface area (Å²) in [4.78, 5) is 39.1. The van der Waals surface area contributed by atoms with Crippen molar-refractivity contribution in [1.82, 2.24) is 14.9 Å². The number of aryl methyl sites for hydroxylation is 1. The number of carbonyl (C=O) groups excluding carboxylic acids is 2. The van der Waals surface area contributed by atoms with Crippen LogP contribution in [0, 0.1) is 6.92 Å². The lowest BCUT2D eigenvalue weighted by Gasteiger charge is -2.27. The molecule has 8 nitrogen and oxygen atoms in total. The van der Waals surface area contributed by atoms with Gasteiger partial charge in [-0.2, -0.15) is 0 Å². The monoisotopic (exact) mass is 475 g/mol. The van der Waals surface area contributed by atoms with E-state index in [0.717, 1.165) is 18.7 Å². The first-order chi connectivity index (χ1) is 17.1. The molecule has 3 aromatic rings. The number of ether oxygens (including phenoxy) is 1. The van der Waals surface area contributed by atoms with E-state index in [4.69, 9.17) is 4.74 Å². The normalized spacial score (nSPS) is 15.8. The van der Waals surface area contributed by atoms with Crippen LogP contribution in [0.1, 0.15) is 42.2 Å². The van der Waals surface area contributed by atoms with Crippen LogP contribution in [0.4, 0.5) is 11.4 Å². The molecule has 2 aliphatic rings. The molecule has 5 rings (SSSR count). The molecular formula is C27H33N5O3. The first-order valence-corrected chi connectivity index (χ1v) is 12.1. The Hall–Kier alpha value is -3.78. The average Bonchev–Trinajstić information content (AvgIpc) is 3.45. The van der Waals surface area contributed by atoms with Crippen LogP contribution >= 0.6 is 0 Å². The van der Waals surface area contributed by atoms with Gasteiger partial charge in [0, 0.05) is 51.5 Å². The first kappa shape index (κ1) is 23.0. The largest absolute Gasteiger partial charge is 0.378 e. The van der Waals surface area contributed by atoms with Crippen molar-refractivity contribution in [2.75, 3.05) is 49.6 Å². The second-order valence-electron chi connectivity index (χ2n) is 8.87. The van der Waals surface area contributed by atoms with E-state index >= 15 is 0 Å². The predicted molar refractivity (Wildman–Crippen MR) is 139 cm³/mol. The Labute approximate surface area is 207 Å². The minimum Gasteiger partial charge on any atom is -0.378 e. The lowest BCUT2D eigenvalue weighted by Crippen LogP contribution is -2.40. The number of benzene rings is 2. The zero-order valence-electron chi connectivity index (χ0n) is 19.9. The van der Waals surface area contributed by atoms with Crippen molar-refractivity contribution in [2.45, 2.75) is 19.8 Å². The lowest BCUT2D eigenvalue weighted by molar-refractivity contribution is 0.0303. The molecule has 1 aromatic heterocycles. The van der Waals surface area contributed by atoms with Crippen molar-refractivity contribution < 1.29 is 17.2 Å². The molecule has 0 saturated carbocycles. The van der Waals surface area contributed by atoms with Crippen molar-refractivity contribution in [2.24, 2.45) is 0 Å². The zero-order valence-corrected chi connectivity index (χ0v) is 19.9. The van der Waals surface area contributed by atoms with Gasteiger partial charge in [0.1, 0.15) is 5.69 Å². The van der Waals surface area contributed by atoms with E-state index in [0.29, 0.717) is 48.9 Å². The summed E-state index contributed by atoms with van der Waals surface area (Å²) in [5, 5.41) is 2.94. The molecule has 2 fully saturated rings. The third-order valence-electron chi connectivity index (χ3n) is 6.47. The Morgan fingerprint density at radius 3 is 2.49 bits per heavy atom. The minimum atomic E-state index is -0.314. The van der Waals surface area contributed by atoms with Gasteiger partial charge in [0.25, 0.3) is 11.8 Å². The van der Waals surface area contributed by atoms with Crippen LogP contribution in [-0.2, 0) is 4.74 Å². The molecule has 2 aliphatic heterocycles. The summed E-state index contributed by atoms with van der Waals surface area (Å²) in [5.41, 5.74) is 4.54. The fourth-order valence-corrected chi connectivity index (χ4v) is 4.49. The topological polar surface area (TPSA) is 87.7 Å². The minimum absolute atomic E-state index is 0. The summed E-state index contributed by atoms with van der Waals surface area (Å²) in [7, 11) is 0. The third-order valence-corrected chi connectivity index (χ3v) is 6.47. The van der Waals surface area contributed by atoms with E-state index < -0.39 is 0 Å². The van der Waals surface area contributed by atoms with Crippen molar-refractivity contribution in [3.05, 3.63) is 71.7 Å². The van der Waals surface area contributed by atoms with Gasteiger partial charge >= 0.3 is 0 Å². The highest BCUT2D eigenvalue weighted by Crippen LogP contribution is 2.23. The SMILES string of the molecule is Cc1ncc(-c2cccc(C(=O)N3CCOCC3)c2)nc1C(=O)Nc1ccc(N2CCCC2)cc1.[HH].[HH]. The molecule has 8 heteroatoms. The lowest BCUT2D eigenvalue weighted by atomic mass is 10.1. The van der Waals surface area contributed by atoms with E-state index in [9.17, 15) is 9.59 Å². The number of amides is 2. The molecule has 0 unspecified atom stereocenters. The van der Waals surface area contributed by atoms with Crippen LogP contribution in [0.2, 0.25) is 0 Å². The maximum atomic E-state index is 13.0. The average molecular weight is 476 g/mol. The molecule has 35 heavy (non-hydrogen) atoms. The van der Waals surface area contributed by atoms with Gasteiger partial charge in [0.05, 0.1) is 30.8 Å². The third kappa shape index (κ3) is 5.17. The number of morpholine rings is 1. The molecular weight excluding hydrogens is 442 g/mol. The zero-order chi connectivity index (χ0) is 24.2. The highest BCUT2D eigenvalue weighted by molar-refractivity contribution is 6.04. The Bertz CT molecular complexity index is 1230. The van der Waals surface area contributed by atoms with Crippen LogP contribution < -0.4 is 10.2 Å². The van der Waals surface area contributed by atoms with Crippen molar-refractivity contribution in [1.29, 1.82) is 0 Å². The van der Waals surface area contributed by atoms with Crippen molar-refractivity contribution in [3.63, 3.8) is 0 Å². The van der Waals surface area contributed by atoms with E-state index in [1.165, 1.54) is 18.5 Å². The molecule has 184 valence electrons. The molecule has 0 spiro atoms. The first-order valence-electron chi connectivity index (χ1n) is 12.1. The Kier molecular flexibility index (Phi) is 6.72. The molecule has 2 saturated heterocycles. The van der Waals surface area contributed by atoms with E-state index in [2.05, 4.69) is 20.2 Å². The van der Waals surface area contributed by atoms with Crippen molar-refractivity contribution in [3.8, 4) is 11.3 Å². The van der Waals surface area contributed by atoms with E-state index in [1.807, 2.05) is 36.4 Å². The molecule has 3 heterocycles. The summed E-state index contributed by atoms with van der Waals surface area (Å²) in [6, 6.07) is 15.2. The van der Waals surface area contributed by atoms with Gasteiger partial charge in [-0.1, -0.05) is 12.1 Å². The molecule has 2 aromatic carbocycles. The summed E-state index contributed by atoms with van der Waals surface area (Å²) >= 11 is 0. The molecule has 0 aliphatic carbocycles. The fourth-order valence-electron chi connectivity index (χ4n) is 4.49. The van der Waals surface area contributed by atoms with Crippen LogP contribution in [0.15, 0.2) is 54.7 Å². The van der Waals surface area contributed by atoms with Gasteiger partial charge in [-0.3, -0.25) is 14.6 Å². The van der Waals surface area contributed by atoms with Crippen molar-refractivity contribution >= 4 is 23.2 Å². The number of nitrogens with one attached hydrogen (secondary N) is 1. The Morgan fingerprint density at radius 1 is 1.00 bits per heavy atom. The van der Waals surface area contributed by atoms with E-state index in [-0.39, 0.29) is 20.4 Å². The quantitative estimate of drug-likeness (QED) is 0.593. The fraction of sp³-hybridized carbons (Fsp3) is 0.333. The van der Waals surface area contributed by atoms with Gasteiger partial charge in [-0.05, 0) is 56.2 Å². The predicted octanol–water partition coefficient (Wildman–Crippen LogP) is 4.27. The summed E-state index contributed by atoms with van der Waals surface area (Å²) in [6.07, 6.45) is 4.07. The number of nitrogens with zero attached hydrogens (tertiary/aromatic N) is 4. The molecule has 0 atom stereocenters. The van der Waals surface area contributed by atoms with E-state index in [1.54, 1.807) is 30.2 Å². The number of aromatic nitrogens is 2. The van der Waals surface area contributed by atoms with Gasteiger partial charge in [0.2, 0.25) is 0 Å². The Morgan fingerprint density at radius 2 is 1.74 bits per heavy atom. The second-order valence-corrected chi connectivity index (χ2v) is 8.87. The highest BCUT2D eigenvalue weighted by Gasteiger charge is 2.20. The highest BCUT2D eigenvalue weighted by atomic mass is 16.5. The van der Waals surface area contributed by atoms with Crippen LogP contribution in [0.25, 0.3) is 11.3 Å². The standard InChI is InChI=1S/C27H29N5O3.2H2/c1-19-25(26(33)29-22-7-9-23(10-8-22)31-11-2-3-12-31)30-24(18-28-19)20-5-4-6-21(17-20)27(34)32-13-15-35-16-14-32;;/h4-10,17-18H,2-3,11-16H2,1H3,(H,29,33);2*1H. The molecule has 0 radical (unpaired) electrons. The maximum Gasteiger partial charge on any atom is 0.276 e. The van der Waals surface area contributed by atoms with Gasteiger partial charge < -0.3 is 19.9 Å². The molecule has 2 amide bonds. The van der Waals surface area contributed by atoms with Gasteiger partial charge in [-0.25, -0.2) is 4.98 Å². The molecule has 0 bridgehead atoms. The van der Waals surface area contributed by atoms with Gasteiger partial charge in [0.15, 0.2) is 0 Å². The Balaban J connectivity index is 0.00000190.